The minimum Gasteiger partial charge on any atom is -0.490 e. The number of benzene rings is 2. The van der Waals surface area contributed by atoms with Gasteiger partial charge in [-0.3, -0.25) is 4.79 Å². The van der Waals surface area contributed by atoms with Gasteiger partial charge in [-0.15, -0.1) is 0 Å². The molecule has 2 atom stereocenters. The van der Waals surface area contributed by atoms with Gasteiger partial charge in [0.1, 0.15) is 0 Å². The van der Waals surface area contributed by atoms with Crippen LogP contribution < -0.4 is 14.8 Å². The Kier molecular flexibility index (Phi) is 7.08. The number of ether oxygens (including phenoxy) is 3. The highest BCUT2D eigenvalue weighted by Gasteiger charge is 2.29. The fourth-order valence-corrected chi connectivity index (χ4v) is 3.32. The van der Waals surface area contributed by atoms with Crippen LogP contribution >= 0.6 is 0 Å². The highest BCUT2D eigenvalue weighted by Crippen LogP contribution is 2.30. The maximum atomic E-state index is 13.0. The molecule has 2 aromatic carbocycles. The Morgan fingerprint density at radius 1 is 1.17 bits per heavy atom. The second-order valence-electron chi connectivity index (χ2n) is 6.69. The third-order valence-corrected chi connectivity index (χ3v) is 4.64. The molecular weight excluding hydrogens is 374 g/mol. The number of amides is 1. The average molecular weight is 399 g/mol. The molecule has 0 aromatic heterocycles. The van der Waals surface area contributed by atoms with E-state index in [1.807, 2.05) is 30.3 Å². The van der Waals surface area contributed by atoms with E-state index in [4.69, 9.17) is 19.3 Å². The van der Waals surface area contributed by atoms with Crippen molar-refractivity contribution in [2.75, 3.05) is 19.8 Å². The van der Waals surface area contributed by atoms with Gasteiger partial charge >= 0.3 is 5.97 Å². The van der Waals surface area contributed by atoms with Crippen molar-refractivity contribution in [1.82, 2.24) is 5.32 Å². The minimum absolute atomic E-state index is 0.0779. The summed E-state index contributed by atoms with van der Waals surface area (Å²) in [5, 5.41) is 11.9. The summed E-state index contributed by atoms with van der Waals surface area (Å²) >= 11 is 0. The lowest BCUT2D eigenvalue weighted by atomic mass is 9.99. The summed E-state index contributed by atoms with van der Waals surface area (Å²) in [6.45, 7) is 2.36. The molecule has 1 amide bonds. The molecule has 3 rings (SSSR count). The topological polar surface area (TPSA) is 94.1 Å². The van der Waals surface area contributed by atoms with Crippen LogP contribution in [0.3, 0.4) is 0 Å². The maximum absolute atomic E-state index is 13.0. The molecule has 1 fully saturated rings. The molecule has 0 spiro atoms. The Bertz CT molecular complexity index is 832. The van der Waals surface area contributed by atoms with Crippen molar-refractivity contribution in [2.45, 2.75) is 31.9 Å². The van der Waals surface area contributed by atoms with Crippen LogP contribution in [0.5, 0.6) is 11.5 Å². The van der Waals surface area contributed by atoms with E-state index in [0.29, 0.717) is 24.5 Å². The highest BCUT2D eigenvalue weighted by atomic mass is 16.5. The van der Waals surface area contributed by atoms with E-state index in [1.165, 1.54) is 0 Å². The first kappa shape index (κ1) is 20.7. The van der Waals surface area contributed by atoms with Gasteiger partial charge in [0.2, 0.25) is 0 Å². The number of carbonyl (C=O) groups excluding carboxylic acids is 1. The molecule has 29 heavy (non-hydrogen) atoms. The molecule has 1 aliphatic rings. The van der Waals surface area contributed by atoms with Crippen molar-refractivity contribution in [2.24, 2.45) is 0 Å². The second kappa shape index (κ2) is 9.93. The predicted molar refractivity (Wildman–Crippen MR) is 106 cm³/mol. The van der Waals surface area contributed by atoms with Gasteiger partial charge in [-0.1, -0.05) is 30.3 Å². The van der Waals surface area contributed by atoms with E-state index in [-0.39, 0.29) is 23.8 Å². The van der Waals surface area contributed by atoms with Crippen LogP contribution in [-0.4, -0.2) is 42.9 Å². The zero-order valence-corrected chi connectivity index (χ0v) is 16.3. The lowest BCUT2D eigenvalue weighted by molar-refractivity contribution is -0.139. The number of carboxylic acids is 1. The van der Waals surface area contributed by atoms with Gasteiger partial charge in [0.15, 0.2) is 18.1 Å². The van der Waals surface area contributed by atoms with Gasteiger partial charge < -0.3 is 24.6 Å². The molecule has 0 saturated carbocycles. The molecule has 2 N–H and O–H groups in total. The molecule has 2 unspecified atom stereocenters. The zero-order valence-electron chi connectivity index (χ0n) is 16.3. The van der Waals surface area contributed by atoms with Crippen LogP contribution in [0.4, 0.5) is 0 Å². The zero-order chi connectivity index (χ0) is 20.6. The monoisotopic (exact) mass is 399 g/mol. The Balaban J connectivity index is 1.80. The largest absolute Gasteiger partial charge is 0.490 e. The molecule has 1 heterocycles. The van der Waals surface area contributed by atoms with E-state index in [2.05, 4.69) is 5.32 Å². The van der Waals surface area contributed by atoms with E-state index in [0.717, 1.165) is 18.4 Å². The second-order valence-corrected chi connectivity index (χ2v) is 6.69. The van der Waals surface area contributed by atoms with E-state index >= 15 is 0 Å². The van der Waals surface area contributed by atoms with Gasteiger partial charge in [0.05, 0.1) is 18.8 Å². The van der Waals surface area contributed by atoms with Gasteiger partial charge in [-0.25, -0.2) is 4.79 Å². The van der Waals surface area contributed by atoms with Gasteiger partial charge in [-0.2, -0.15) is 0 Å². The first-order chi connectivity index (χ1) is 14.1. The normalized spacial score (nSPS) is 16.8. The molecule has 2 aromatic rings. The van der Waals surface area contributed by atoms with Crippen LogP contribution in [0.15, 0.2) is 48.5 Å². The maximum Gasteiger partial charge on any atom is 0.341 e. The van der Waals surface area contributed by atoms with Crippen molar-refractivity contribution in [3.63, 3.8) is 0 Å². The SMILES string of the molecule is CCOc1cc(C(=O)NC(c2ccccc2)C2CCCO2)ccc1OCC(=O)O. The Morgan fingerprint density at radius 3 is 2.62 bits per heavy atom. The Morgan fingerprint density at radius 2 is 1.97 bits per heavy atom. The van der Waals surface area contributed by atoms with Crippen LogP contribution in [0.1, 0.15) is 41.7 Å². The number of carboxylic acid groups (broad SMARTS) is 1. The van der Waals surface area contributed by atoms with Gasteiger partial charge in [0, 0.05) is 12.2 Å². The molecule has 0 radical (unpaired) electrons. The van der Waals surface area contributed by atoms with Crippen molar-refractivity contribution in [3.05, 3.63) is 59.7 Å². The fourth-order valence-electron chi connectivity index (χ4n) is 3.32. The summed E-state index contributed by atoms with van der Waals surface area (Å²) in [5.74, 6) is -0.740. The van der Waals surface area contributed by atoms with Gasteiger partial charge in [-0.05, 0) is 43.5 Å². The standard InChI is InChI=1S/C22H25NO6/c1-2-27-19-13-16(10-11-17(19)29-14-20(24)25)22(26)23-21(18-9-6-12-28-18)15-7-4-3-5-8-15/h3-5,7-8,10-11,13,18,21H,2,6,9,12,14H2,1H3,(H,23,26)(H,24,25). The van der Waals surface area contributed by atoms with Crippen molar-refractivity contribution in [1.29, 1.82) is 0 Å². The van der Waals surface area contributed by atoms with E-state index in [9.17, 15) is 9.59 Å². The summed E-state index contributed by atoms with van der Waals surface area (Å²) in [6.07, 6.45) is 1.77. The summed E-state index contributed by atoms with van der Waals surface area (Å²) in [7, 11) is 0. The molecule has 1 saturated heterocycles. The fraction of sp³-hybridized carbons (Fsp3) is 0.364. The van der Waals surface area contributed by atoms with Crippen LogP contribution in [0.2, 0.25) is 0 Å². The molecule has 0 aliphatic carbocycles. The lowest BCUT2D eigenvalue weighted by Gasteiger charge is -2.25. The molecule has 154 valence electrons. The lowest BCUT2D eigenvalue weighted by Crippen LogP contribution is -2.36. The summed E-state index contributed by atoms with van der Waals surface area (Å²) in [4.78, 5) is 23.7. The third-order valence-electron chi connectivity index (χ3n) is 4.64. The smallest absolute Gasteiger partial charge is 0.341 e. The first-order valence-electron chi connectivity index (χ1n) is 9.67. The quantitative estimate of drug-likeness (QED) is 0.673. The van der Waals surface area contributed by atoms with Crippen molar-refractivity contribution < 1.29 is 28.9 Å². The van der Waals surface area contributed by atoms with Crippen molar-refractivity contribution >= 4 is 11.9 Å². The third kappa shape index (κ3) is 5.48. The van der Waals surface area contributed by atoms with Crippen molar-refractivity contribution in [3.8, 4) is 11.5 Å². The Labute approximate surface area is 169 Å². The summed E-state index contributed by atoms with van der Waals surface area (Å²) in [6, 6.07) is 14.2. The molecule has 0 bridgehead atoms. The average Bonchev–Trinajstić information content (AvgIpc) is 3.26. The number of aliphatic carboxylic acids is 1. The summed E-state index contributed by atoms with van der Waals surface area (Å²) < 4.78 is 16.6. The first-order valence-corrected chi connectivity index (χ1v) is 9.67. The number of hydrogen-bond acceptors (Lipinski definition) is 5. The van der Waals surface area contributed by atoms with E-state index < -0.39 is 12.6 Å². The van der Waals surface area contributed by atoms with Crippen LogP contribution in [0, 0.1) is 0 Å². The number of carbonyl (C=O) groups is 2. The summed E-state index contributed by atoms with van der Waals surface area (Å²) in [5.41, 5.74) is 1.38. The van der Waals surface area contributed by atoms with E-state index in [1.54, 1.807) is 25.1 Å². The molecule has 7 heteroatoms. The Hall–Kier alpha value is -3.06. The minimum atomic E-state index is -1.09. The predicted octanol–water partition coefficient (Wildman–Crippen LogP) is 3.20. The van der Waals surface area contributed by atoms with Crippen LogP contribution in [-0.2, 0) is 9.53 Å². The van der Waals surface area contributed by atoms with Crippen LogP contribution in [0.25, 0.3) is 0 Å². The van der Waals surface area contributed by atoms with Gasteiger partial charge in [0.25, 0.3) is 5.91 Å². The highest BCUT2D eigenvalue weighted by molar-refractivity contribution is 5.95. The molecule has 1 aliphatic heterocycles. The number of nitrogens with one attached hydrogen (secondary N) is 1. The number of rotatable bonds is 9. The molecular formula is C22H25NO6. The molecule has 7 nitrogen and oxygen atoms in total. The number of hydrogen-bond donors (Lipinski definition) is 2.